The van der Waals surface area contributed by atoms with Crippen molar-refractivity contribution in [1.82, 2.24) is 14.3 Å². The molecule has 2 heterocycles. The minimum Gasteiger partial charge on any atom is -0.478 e. The van der Waals surface area contributed by atoms with Crippen molar-refractivity contribution in [2.24, 2.45) is 0 Å². The fourth-order valence-electron chi connectivity index (χ4n) is 3.18. The smallest absolute Gasteiger partial charge is 0.335 e. The number of carboxylic acids is 1. The highest BCUT2D eigenvalue weighted by Gasteiger charge is 2.27. The van der Waals surface area contributed by atoms with Gasteiger partial charge in [-0.15, -0.1) is 0 Å². The van der Waals surface area contributed by atoms with Crippen LogP contribution in [0.2, 0.25) is 0 Å². The molecule has 0 amide bonds. The fourth-order valence-corrected chi connectivity index (χ4v) is 4.05. The van der Waals surface area contributed by atoms with Gasteiger partial charge >= 0.3 is 5.97 Å². The monoisotopic (exact) mass is 375 g/mol. The molecule has 0 aliphatic carbocycles. The standard InChI is InChI=1S/C18H21N3O4S/c1-12-10-16(14-4-3-5-15(11-14)18(22)23)20-17(19-12)13-6-8-21(9-7-13)26(2,24)25/h3-5,10-11,13H,6-9H2,1-2H3,(H,22,23). The van der Waals surface area contributed by atoms with E-state index in [1.165, 1.54) is 10.6 Å². The van der Waals surface area contributed by atoms with Crippen molar-refractivity contribution in [2.75, 3.05) is 19.3 Å². The first-order valence-corrected chi connectivity index (χ1v) is 10.2. The molecule has 1 aliphatic rings. The summed E-state index contributed by atoms with van der Waals surface area (Å²) >= 11 is 0. The van der Waals surface area contributed by atoms with E-state index in [-0.39, 0.29) is 11.5 Å². The third kappa shape index (κ3) is 4.08. The summed E-state index contributed by atoms with van der Waals surface area (Å²) < 4.78 is 24.8. The maximum atomic E-state index is 11.7. The maximum absolute atomic E-state index is 11.7. The molecule has 0 radical (unpaired) electrons. The first-order chi connectivity index (χ1) is 12.2. The van der Waals surface area contributed by atoms with Gasteiger partial charge in [-0.1, -0.05) is 12.1 Å². The maximum Gasteiger partial charge on any atom is 0.335 e. The minimum absolute atomic E-state index is 0.0920. The summed E-state index contributed by atoms with van der Waals surface area (Å²) in [5.41, 5.74) is 2.42. The van der Waals surface area contributed by atoms with Gasteiger partial charge in [0, 0.05) is 30.3 Å². The number of carbonyl (C=O) groups is 1. The number of aryl methyl sites for hydroxylation is 1. The summed E-state index contributed by atoms with van der Waals surface area (Å²) in [6.07, 6.45) is 2.57. The van der Waals surface area contributed by atoms with Crippen LogP contribution in [0.3, 0.4) is 0 Å². The van der Waals surface area contributed by atoms with Crippen LogP contribution in [0, 0.1) is 6.92 Å². The van der Waals surface area contributed by atoms with Gasteiger partial charge in [0.2, 0.25) is 10.0 Å². The zero-order valence-electron chi connectivity index (χ0n) is 14.7. The molecule has 0 unspecified atom stereocenters. The quantitative estimate of drug-likeness (QED) is 0.880. The van der Waals surface area contributed by atoms with Crippen LogP contribution in [0.5, 0.6) is 0 Å². The van der Waals surface area contributed by atoms with E-state index in [1.54, 1.807) is 18.2 Å². The van der Waals surface area contributed by atoms with Crippen LogP contribution in [-0.4, -0.2) is 53.1 Å². The molecule has 26 heavy (non-hydrogen) atoms. The molecule has 0 atom stereocenters. The van der Waals surface area contributed by atoms with Crippen molar-refractivity contribution in [3.63, 3.8) is 0 Å². The van der Waals surface area contributed by atoms with Gasteiger partial charge in [0.1, 0.15) is 5.82 Å². The lowest BCUT2D eigenvalue weighted by Gasteiger charge is -2.29. The molecule has 3 rings (SSSR count). The predicted octanol–water partition coefficient (Wildman–Crippen LogP) is 2.29. The van der Waals surface area contributed by atoms with Gasteiger partial charge in [-0.25, -0.2) is 27.5 Å². The third-order valence-electron chi connectivity index (χ3n) is 4.56. The van der Waals surface area contributed by atoms with Crippen molar-refractivity contribution < 1.29 is 18.3 Å². The van der Waals surface area contributed by atoms with E-state index in [2.05, 4.69) is 9.97 Å². The highest BCUT2D eigenvalue weighted by Crippen LogP contribution is 2.29. The normalized spacial score (nSPS) is 16.5. The first kappa shape index (κ1) is 18.5. The number of hydrogen-bond donors (Lipinski definition) is 1. The summed E-state index contributed by atoms with van der Waals surface area (Å²) in [7, 11) is -3.17. The number of hydrogen-bond acceptors (Lipinski definition) is 5. The number of nitrogens with zero attached hydrogens (tertiary/aromatic N) is 3. The van der Waals surface area contributed by atoms with Gasteiger partial charge < -0.3 is 5.11 Å². The molecule has 1 aromatic carbocycles. The van der Waals surface area contributed by atoms with Crippen molar-refractivity contribution in [3.05, 3.63) is 47.4 Å². The van der Waals surface area contributed by atoms with Crippen LogP contribution < -0.4 is 0 Å². The molecule has 0 saturated carbocycles. The molecule has 1 N–H and O–H groups in total. The Balaban J connectivity index is 1.87. The largest absolute Gasteiger partial charge is 0.478 e. The molecular weight excluding hydrogens is 354 g/mol. The molecule has 8 heteroatoms. The predicted molar refractivity (Wildman–Crippen MR) is 97.6 cm³/mol. The SMILES string of the molecule is Cc1cc(-c2cccc(C(=O)O)c2)nc(C2CCN(S(C)(=O)=O)CC2)n1. The fraction of sp³-hybridized carbons (Fsp3) is 0.389. The Morgan fingerprint density at radius 2 is 1.88 bits per heavy atom. The second-order valence-corrected chi connectivity index (χ2v) is 8.56. The number of carboxylic acid groups (broad SMARTS) is 1. The number of sulfonamides is 1. The van der Waals surface area contributed by atoms with Crippen molar-refractivity contribution >= 4 is 16.0 Å². The summed E-state index contributed by atoms with van der Waals surface area (Å²) in [5, 5.41) is 9.17. The number of benzene rings is 1. The van der Waals surface area contributed by atoms with Crippen LogP contribution in [-0.2, 0) is 10.0 Å². The number of rotatable bonds is 4. The third-order valence-corrected chi connectivity index (χ3v) is 5.87. The second-order valence-electron chi connectivity index (χ2n) is 6.58. The summed E-state index contributed by atoms with van der Waals surface area (Å²) in [6.45, 7) is 2.80. The van der Waals surface area contributed by atoms with E-state index in [4.69, 9.17) is 0 Å². The van der Waals surface area contributed by atoms with Gasteiger partial charge in [0.05, 0.1) is 17.5 Å². The van der Waals surface area contributed by atoms with E-state index < -0.39 is 16.0 Å². The Labute approximate surface area is 152 Å². The van der Waals surface area contributed by atoms with E-state index >= 15 is 0 Å². The Hall–Kier alpha value is -2.32. The second kappa shape index (κ2) is 7.13. The van der Waals surface area contributed by atoms with Crippen LogP contribution in [0.15, 0.2) is 30.3 Å². The first-order valence-electron chi connectivity index (χ1n) is 8.38. The molecule has 2 aromatic rings. The zero-order valence-corrected chi connectivity index (χ0v) is 15.5. The van der Waals surface area contributed by atoms with Crippen LogP contribution in [0.25, 0.3) is 11.3 Å². The Kier molecular flexibility index (Phi) is 5.06. The Morgan fingerprint density at radius 1 is 1.19 bits per heavy atom. The lowest BCUT2D eigenvalue weighted by molar-refractivity contribution is 0.0697. The molecule has 1 fully saturated rings. The molecule has 1 saturated heterocycles. The highest BCUT2D eigenvalue weighted by molar-refractivity contribution is 7.88. The summed E-state index contributed by atoms with van der Waals surface area (Å²) in [5.74, 6) is -0.200. The molecular formula is C18H21N3O4S. The van der Waals surface area contributed by atoms with E-state index in [0.717, 1.165) is 11.3 Å². The molecule has 0 bridgehead atoms. The number of piperidine rings is 1. The highest BCUT2D eigenvalue weighted by atomic mass is 32.2. The molecule has 0 spiro atoms. The van der Waals surface area contributed by atoms with Crippen molar-refractivity contribution in [3.8, 4) is 11.3 Å². The minimum atomic E-state index is -3.17. The average Bonchev–Trinajstić information content (AvgIpc) is 2.60. The topological polar surface area (TPSA) is 100 Å². The van der Waals surface area contributed by atoms with Gasteiger partial charge in [0.25, 0.3) is 0 Å². The van der Waals surface area contributed by atoms with Crippen LogP contribution >= 0.6 is 0 Å². The van der Waals surface area contributed by atoms with Gasteiger partial charge in [-0.2, -0.15) is 0 Å². The van der Waals surface area contributed by atoms with E-state index in [1.807, 2.05) is 19.1 Å². The van der Waals surface area contributed by atoms with Crippen LogP contribution in [0.4, 0.5) is 0 Å². The summed E-state index contributed by atoms with van der Waals surface area (Å²) in [4.78, 5) is 20.4. The summed E-state index contributed by atoms with van der Waals surface area (Å²) in [6, 6.07) is 8.49. The molecule has 138 valence electrons. The Bertz CT molecular complexity index is 935. The van der Waals surface area contributed by atoms with Gasteiger partial charge in [-0.3, -0.25) is 0 Å². The molecule has 7 nitrogen and oxygen atoms in total. The van der Waals surface area contributed by atoms with E-state index in [9.17, 15) is 18.3 Å². The van der Waals surface area contributed by atoms with E-state index in [0.29, 0.717) is 37.4 Å². The molecule has 1 aliphatic heterocycles. The average molecular weight is 375 g/mol. The lowest BCUT2D eigenvalue weighted by atomic mass is 9.96. The Morgan fingerprint density at radius 3 is 2.50 bits per heavy atom. The zero-order chi connectivity index (χ0) is 18.9. The lowest BCUT2D eigenvalue weighted by Crippen LogP contribution is -2.37. The number of aromatic nitrogens is 2. The van der Waals surface area contributed by atoms with Crippen molar-refractivity contribution in [1.29, 1.82) is 0 Å². The molecule has 1 aromatic heterocycles. The van der Waals surface area contributed by atoms with Gasteiger partial charge in [-0.05, 0) is 38.0 Å². The van der Waals surface area contributed by atoms with Gasteiger partial charge in [0.15, 0.2) is 0 Å². The van der Waals surface area contributed by atoms with Crippen LogP contribution in [0.1, 0.15) is 40.6 Å². The van der Waals surface area contributed by atoms with Crippen molar-refractivity contribution in [2.45, 2.75) is 25.7 Å². The number of aromatic carboxylic acids is 1.